The maximum Gasteiger partial charge on any atom is 0.273 e. The van der Waals surface area contributed by atoms with Gasteiger partial charge in [-0.1, -0.05) is 11.6 Å². The lowest BCUT2D eigenvalue weighted by Crippen LogP contribution is -2.15. The molecule has 0 aliphatic heterocycles. The van der Waals surface area contributed by atoms with Gasteiger partial charge in [0, 0.05) is 23.4 Å². The number of hydrogen-bond donors (Lipinski definition) is 2. The van der Waals surface area contributed by atoms with Crippen molar-refractivity contribution in [1.82, 2.24) is 0 Å². The smallest absolute Gasteiger partial charge is 0.273 e. The molecule has 0 spiro atoms. The third-order valence-corrected chi connectivity index (χ3v) is 4.27. The molecule has 2 rings (SSSR count). The van der Waals surface area contributed by atoms with E-state index in [0.717, 1.165) is 5.56 Å². The van der Waals surface area contributed by atoms with Gasteiger partial charge >= 0.3 is 0 Å². The molecule has 0 atom stereocenters. The largest absolute Gasteiger partial charge is 0.495 e. The molecule has 0 aromatic heterocycles. The number of rotatable bonds is 7. The fourth-order valence-corrected chi connectivity index (χ4v) is 2.48. The molecule has 0 aliphatic carbocycles. The third-order valence-electron chi connectivity index (χ3n) is 3.86. The predicted octanol–water partition coefficient (Wildman–Crippen LogP) is 4.03. The van der Waals surface area contributed by atoms with Gasteiger partial charge in [-0.2, -0.15) is 5.26 Å². The molecule has 2 aromatic rings. The van der Waals surface area contributed by atoms with Crippen LogP contribution in [0.1, 0.15) is 5.56 Å². The lowest BCUT2D eigenvalue weighted by atomic mass is 10.2. The molecule has 0 heterocycles. The van der Waals surface area contributed by atoms with Crippen LogP contribution in [0.5, 0.6) is 11.5 Å². The zero-order chi connectivity index (χ0) is 21.6. The van der Waals surface area contributed by atoms with Gasteiger partial charge in [0.1, 0.15) is 23.1 Å². The van der Waals surface area contributed by atoms with Crippen molar-refractivity contribution in [2.45, 2.75) is 6.92 Å². The molecule has 0 unspecified atom stereocenters. The van der Waals surface area contributed by atoms with Crippen molar-refractivity contribution in [3.05, 3.63) is 62.8 Å². The molecule has 29 heavy (non-hydrogen) atoms. The van der Waals surface area contributed by atoms with E-state index >= 15 is 0 Å². The summed E-state index contributed by atoms with van der Waals surface area (Å²) in [5.41, 5.74) is 1.05. The standard InChI is InChI=1S/C19H17ClN4O5/c1-11-6-16(18(29-3)8-14(11)20)22-10-12(9-21)19(25)23-15-5-4-13(24(26)27)7-17(15)28-2/h4-8,10,22H,1-3H3,(H,23,25)/b12-10-. The highest BCUT2D eigenvalue weighted by molar-refractivity contribution is 6.31. The van der Waals surface area contributed by atoms with Crippen molar-refractivity contribution >= 4 is 34.6 Å². The molecular weight excluding hydrogens is 400 g/mol. The van der Waals surface area contributed by atoms with Crippen molar-refractivity contribution in [1.29, 1.82) is 5.26 Å². The average molecular weight is 417 g/mol. The molecule has 150 valence electrons. The molecule has 1 amide bonds. The summed E-state index contributed by atoms with van der Waals surface area (Å²) in [6, 6.07) is 8.83. The molecule has 0 aliphatic rings. The predicted molar refractivity (Wildman–Crippen MR) is 108 cm³/mol. The van der Waals surface area contributed by atoms with E-state index in [4.69, 9.17) is 21.1 Å². The number of nitrogens with one attached hydrogen (secondary N) is 2. The summed E-state index contributed by atoms with van der Waals surface area (Å²) >= 11 is 6.06. The first-order chi connectivity index (χ1) is 13.8. The SMILES string of the molecule is COc1cc(Cl)c(C)cc1N/C=C(/C#N)C(=O)Nc1ccc([N+](=O)[O-])cc1OC. The second-order valence-electron chi connectivity index (χ2n) is 5.71. The third kappa shape index (κ3) is 5.15. The Bertz CT molecular complexity index is 1030. The molecule has 2 N–H and O–H groups in total. The van der Waals surface area contributed by atoms with Crippen molar-refractivity contribution in [3.63, 3.8) is 0 Å². The number of non-ortho nitro benzene ring substituents is 1. The van der Waals surface area contributed by atoms with E-state index in [2.05, 4.69) is 10.6 Å². The molecule has 0 radical (unpaired) electrons. The van der Waals surface area contributed by atoms with Crippen LogP contribution in [-0.4, -0.2) is 25.1 Å². The van der Waals surface area contributed by atoms with Gasteiger partial charge in [-0.05, 0) is 24.6 Å². The van der Waals surface area contributed by atoms with Crippen LogP contribution in [0.2, 0.25) is 5.02 Å². The monoisotopic (exact) mass is 416 g/mol. The molecule has 9 nitrogen and oxygen atoms in total. The van der Waals surface area contributed by atoms with Crippen LogP contribution < -0.4 is 20.1 Å². The zero-order valence-corrected chi connectivity index (χ0v) is 16.5. The number of halogens is 1. The number of nitriles is 1. The Balaban J connectivity index is 2.25. The summed E-state index contributed by atoms with van der Waals surface area (Å²) in [6.45, 7) is 1.80. The second kappa shape index (κ2) is 9.43. The van der Waals surface area contributed by atoms with Crippen LogP contribution in [0.4, 0.5) is 17.1 Å². The summed E-state index contributed by atoms with van der Waals surface area (Å²) in [6.07, 6.45) is 1.22. The minimum absolute atomic E-state index is 0.0906. The number of carbonyl (C=O) groups excluding carboxylic acids is 1. The van der Waals surface area contributed by atoms with Gasteiger partial charge in [0.15, 0.2) is 0 Å². The first-order valence-electron chi connectivity index (χ1n) is 8.15. The van der Waals surface area contributed by atoms with Crippen LogP contribution in [0, 0.1) is 28.4 Å². The van der Waals surface area contributed by atoms with Crippen molar-refractivity contribution < 1.29 is 19.2 Å². The van der Waals surface area contributed by atoms with Gasteiger partial charge in [-0.3, -0.25) is 14.9 Å². The van der Waals surface area contributed by atoms with Gasteiger partial charge < -0.3 is 20.1 Å². The van der Waals surface area contributed by atoms with Crippen molar-refractivity contribution in [3.8, 4) is 17.6 Å². The molecule has 10 heteroatoms. The van der Waals surface area contributed by atoms with Crippen LogP contribution in [0.3, 0.4) is 0 Å². The number of aryl methyl sites for hydroxylation is 1. The van der Waals surface area contributed by atoms with E-state index in [1.165, 1.54) is 38.6 Å². The van der Waals surface area contributed by atoms with Gasteiger partial charge in [0.25, 0.3) is 11.6 Å². The summed E-state index contributed by atoms with van der Waals surface area (Å²) in [7, 11) is 2.78. The number of methoxy groups -OCH3 is 2. The highest BCUT2D eigenvalue weighted by Gasteiger charge is 2.16. The first kappa shape index (κ1) is 21.5. The normalized spacial score (nSPS) is 10.7. The average Bonchev–Trinajstić information content (AvgIpc) is 2.70. The fourth-order valence-electron chi connectivity index (χ4n) is 2.33. The lowest BCUT2D eigenvalue weighted by Gasteiger charge is -2.12. The summed E-state index contributed by atoms with van der Waals surface area (Å²) in [5, 5.41) is 26.0. The number of nitro groups is 1. The van der Waals surface area contributed by atoms with Gasteiger partial charge in [-0.25, -0.2) is 0 Å². The number of benzene rings is 2. The summed E-state index contributed by atoms with van der Waals surface area (Å²) in [4.78, 5) is 22.7. The Morgan fingerprint density at radius 3 is 2.45 bits per heavy atom. The number of anilines is 2. The Morgan fingerprint density at radius 2 is 1.86 bits per heavy atom. The molecule has 0 saturated carbocycles. The highest BCUT2D eigenvalue weighted by atomic mass is 35.5. The minimum atomic E-state index is -0.725. The number of amides is 1. The van der Waals surface area contributed by atoms with Crippen LogP contribution >= 0.6 is 11.6 Å². The van der Waals surface area contributed by atoms with E-state index < -0.39 is 10.8 Å². The Labute approximate surface area is 171 Å². The maximum atomic E-state index is 12.4. The lowest BCUT2D eigenvalue weighted by molar-refractivity contribution is -0.384. The number of ether oxygens (including phenoxy) is 2. The molecule has 2 aromatic carbocycles. The van der Waals surface area contributed by atoms with E-state index in [0.29, 0.717) is 16.5 Å². The summed E-state index contributed by atoms with van der Waals surface area (Å²) in [5.74, 6) is -0.198. The highest BCUT2D eigenvalue weighted by Crippen LogP contribution is 2.31. The fraction of sp³-hybridized carbons (Fsp3) is 0.158. The second-order valence-corrected chi connectivity index (χ2v) is 6.12. The molecule has 0 saturated heterocycles. The maximum absolute atomic E-state index is 12.4. The number of hydrogen-bond acceptors (Lipinski definition) is 7. The van der Waals surface area contributed by atoms with Crippen LogP contribution in [0.15, 0.2) is 42.1 Å². The van der Waals surface area contributed by atoms with Crippen molar-refractivity contribution in [2.75, 3.05) is 24.9 Å². The van der Waals surface area contributed by atoms with Gasteiger partial charge in [0.2, 0.25) is 0 Å². The number of carbonyl (C=O) groups is 1. The van der Waals surface area contributed by atoms with Crippen LogP contribution in [0.25, 0.3) is 0 Å². The van der Waals surface area contributed by atoms with E-state index in [-0.39, 0.29) is 22.7 Å². The van der Waals surface area contributed by atoms with Gasteiger partial charge in [0.05, 0.1) is 36.6 Å². The quantitative estimate of drug-likeness (QED) is 0.302. The van der Waals surface area contributed by atoms with E-state index in [9.17, 15) is 20.2 Å². The van der Waals surface area contributed by atoms with E-state index in [1.54, 1.807) is 25.1 Å². The first-order valence-corrected chi connectivity index (χ1v) is 8.53. The van der Waals surface area contributed by atoms with Gasteiger partial charge in [-0.15, -0.1) is 0 Å². The topological polar surface area (TPSA) is 127 Å². The Kier molecular flexibility index (Phi) is 7.00. The number of nitro benzene ring substituents is 1. The zero-order valence-electron chi connectivity index (χ0n) is 15.8. The Morgan fingerprint density at radius 1 is 1.21 bits per heavy atom. The van der Waals surface area contributed by atoms with Crippen molar-refractivity contribution in [2.24, 2.45) is 0 Å². The summed E-state index contributed by atoms with van der Waals surface area (Å²) < 4.78 is 10.3. The molecule has 0 fully saturated rings. The minimum Gasteiger partial charge on any atom is -0.495 e. The number of nitrogens with zero attached hydrogens (tertiary/aromatic N) is 2. The molecular formula is C19H17ClN4O5. The molecule has 0 bridgehead atoms. The van der Waals surface area contributed by atoms with E-state index in [1.807, 2.05) is 0 Å². The Hall–Kier alpha value is -3.77. The van der Waals surface area contributed by atoms with Crippen LogP contribution in [-0.2, 0) is 4.79 Å².